The normalized spacial score (nSPS) is 17.8. The van der Waals surface area contributed by atoms with Crippen LogP contribution < -0.4 is 5.73 Å². The zero-order valence-corrected chi connectivity index (χ0v) is 5.53. The maximum atomic E-state index is 5.36. The lowest BCUT2D eigenvalue weighted by Gasteiger charge is -1.75. The molecule has 1 nitrogen and oxygen atoms in total. The van der Waals surface area contributed by atoms with Crippen LogP contribution in [-0.2, 0) is 0 Å². The van der Waals surface area contributed by atoms with Gasteiger partial charge in [0, 0.05) is 0 Å². The van der Waals surface area contributed by atoms with Gasteiger partial charge in [-0.2, -0.15) is 0 Å². The molecule has 1 aliphatic rings. The van der Waals surface area contributed by atoms with Crippen LogP contribution in [0.4, 0.5) is 0 Å². The molecule has 1 saturated carbocycles. The number of allylic oxidation sites excluding steroid dienone is 1. The van der Waals surface area contributed by atoms with Gasteiger partial charge in [0.2, 0.25) is 0 Å². The summed E-state index contributed by atoms with van der Waals surface area (Å²) < 4.78 is 1.01. The van der Waals surface area contributed by atoms with Crippen molar-refractivity contribution in [2.24, 2.45) is 5.73 Å². The van der Waals surface area contributed by atoms with E-state index in [0.717, 1.165) is 3.70 Å². The third-order valence-corrected chi connectivity index (χ3v) is 1.60. The van der Waals surface area contributed by atoms with Gasteiger partial charge in [-0.05, 0) is 41.0 Å². The van der Waals surface area contributed by atoms with E-state index in [9.17, 15) is 0 Å². The lowest BCUT2D eigenvalue weighted by molar-refractivity contribution is 1.50. The Balaban J connectivity index is 2.61. The molecule has 0 bridgehead atoms. The summed E-state index contributed by atoms with van der Waals surface area (Å²) in [4.78, 5) is 0. The molecule has 1 rings (SSSR count). The second kappa shape index (κ2) is 1.40. The molecule has 0 atom stereocenters. The largest absolute Gasteiger partial charge is 0.394 e. The van der Waals surface area contributed by atoms with E-state index in [1.165, 1.54) is 18.4 Å². The van der Waals surface area contributed by atoms with Gasteiger partial charge >= 0.3 is 0 Å². The second-order valence-electron chi connectivity index (χ2n) is 1.45. The highest BCUT2D eigenvalue weighted by Crippen LogP contribution is 2.31. The highest BCUT2D eigenvalue weighted by molar-refractivity contribution is 14.1. The summed E-state index contributed by atoms with van der Waals surface area (Å²) in [6.07, 6.45) is 2.49. The Bertz CT molecular complexity index is 85.7. The van der Waals surface area contributed by atoms with Crippen LogP contribution in [0.1, 0.15) is 12.8 Å². The molecule has 0 amide bonds. The van der Waals surface area contributed by atoms with Crippen LogP contribution in [0.3, 0.4) is 0 Å². The van der Waals surface area contributed by atoms with Crippen molar-refractivity contribution in [1.82, 2.24) is 0 Å². The topological polar surface area (TPSA) is 26.0 Å². The first-order valence-corrected chi connectivity index (χ1v) is 3.01. The van der Waals surface area contributed by atoms with Crippen LogP contribution in [0.25, 0.3) is 0 Å². The second-order valence-corrected chi connectivity index (χ2v) is 2.61. The van der Waals surface area contributed by atoms with Gasteiger partial charge in [-0.3, -0.25) is 0 Å². The first kappa shape index (κ1) is 4.43. The fraction of sp³-hybridized carbons (Fsp3) is 0.500. The lowest BCUT2D eigenvalue weighted by atomic mass is 10.7. The molecule has 0 unspecified atom stereocenters. The Kier molecular flexibility index (Phi) is 1.04. The zero-order valence-electron chi connectivity index (χ0n) is 3.37. The van der Waals surface area contributed by atoms with Gasteiger partial charge in [-0.1, -0.05) is 0 Å². The molecule has 0 spiro atoms. The average Bonchev–Trinajstić information content (AvgIpc) is 2.06. The van der Waals surface area contributed by atoms with Gasteiger partial charge in [0.1, 0.15) is 0 Å². The molecule has 0 heterocycles. The Hall–Kier alpha value is 0.270. The van der Waals surface area contributed by atoms with Crippen LogP contribution in [0.5, 0.6) is 0 Å². The molecule has 34 valence electrons. The molecule has 0 aromatic heterocycles. The van der Waals surface area contributed by atoms with Gasteiger partial charge in [0.15, 0.2) is 0 Å². The van der Waals surface area contributed by atoms with Gasteiger partial charge in [0.25, 0.3) is 0 Å². The fourth-order valence-corrected chi connectivity index (χ4v) is 0.841. The van der Waals surface area contributed by atoms with E-state index in [1.54, 1.807) is 0 Å². The monoisotopic (exact) mass is 195 g/mol. The molecule has 2 N–H and O–H groups in total. The molecular formula is C4H6IN. The van der Waals surface area contributed by atoms with Crippen molar-refractivity contribution in [1.29, 1.82) is 0 Å². The summed E-state index contributed by atoms with van der Waals surface area (Å²) in [5.41, 5.74) is 6.80. The third kappa shape index (κ3) is 0.864. The van der Waals surface area contributed by atoms with Gasteiger partial charge in [0.05, 0.1) is 3.70 Å². The van der Waals surface area contributed by atoms with Crippen molar-refractivity contribution < 1.29 is 0 Å². The van der Waals surface area contributed by atoms with Gasteiger partial charge in [-0.25, -0.2) is 0 Å². The summed E-state index contributed by atoms with van der Waals surface area (Å²) in [5.74, 6) is 0. The van der Waals surface area contributed by atoms with Crippen LogP contribution in [-0.4, -0.2) is 0 Å². The number of hydrogen-bond donors (Lipinski definition) is 1. The standard InChI is InChI=1S/C4H6IN/c5-4(6)3-1-2-3/h1-2,6H2. The van der Waals surface area contributed by atoms with Crippen molar-refractivity contribution in [3.8, 4) is 0 Å². The molecule has 2 heteroatoms. The maximum Gasteiger partial charge on any atom is 0.0697 e. The molecule has 0 radical (unpaired) electrons. The minimum atomic E-state index is 1.01. The molecule has 0 aliphatic heterocycles. The minimum absolute atomic E-state index is 1.01. The van der Waals surface area contributed by atoms with E-state index in [0.29, 0.717) is 0 Å². The Morgan fingerprint density at radius 1 is 1.67 bits per heavy atom. The molecule has 6 heavy (non-hydrogen) atoms. The number of nitrogens with two attached hydrogens (primary N) is 1. The quantitative estimate of drug-likeness (QED) is 0.458. The van der Waals surface area contributed by atoms with Crippen LogP contribution in [0, 0.1) is 0 Å². The third-order valence-electron chi connectivity index (χ3n) is 0.838. The van der Waals surface area contributed by atoms with E-state index in [4.69, 9.17) is 5.73 Å². The van der Waals surface area contributed by atoms with E-state index in [-0.39, 0.29) is 0 Å². The predicted molar refractivity (Wildman–Crippen MR) is 34.5 cm³/mol. The Morgan fingerprint density at radius 2 is 2.17 bits per heavy atom. The molecular weight excluding hydrogens is 189 g/mol. The van der Waals surface area contributed by atoms with Crippen LogP contribution in [0.15, 0.2) is 9.28 Å². The summed E-state index contributed by atoms with van der Waals surface area (Å²) in [6, 6.07) is 0. The van der Waals surface area contributed by atoms with Crippen molar-refractivity contribution in [3.63, 3.8) is 0 Å². The molecule has 0 aromatic carbocycles. The molecule has 0 aromatic rings. The first-order valence-electron chi connectivity index (χ1n) is 1.93. The van der Waals surface area contributed by atoms with Crippen LogP contribution in [0.2, 0.25) is 0 Å². The van der Waals surface area contributed by atoms with Crippen molar-refractivity contribution >= 4 is 22.6 Å². The van der Waals surface area contributed by atoms with Crippen LogP contribution >= 0.6 is 22.6 Å². The summed E-state index contributed by atoms with van der Waals surface area (Å²) >= 11 is 2.15. The molecule has 0 saturated heterocycles. The Morgan fingerprint density at radius 3 is 2.17 bits per heavy atom. The highest BCUT2D eigenvalue weighted by atomic mass is 127. The minimum Gasteiger partial charge on any atom is -0.394 e. The molecule has 1 aliphatic carbocycles. The van der Waals surface area contributed by atoms with E-state index in [1.807, 2.05) is 0 Å². The van der Waals surface area contributed by atoms with Gasteiger partial charge in [-0.15, -0.1) is 0 Å². The van der Waals surface area contributed by atoms with Crippen molar-refractivity contribution in [2.75, 3.05) is 0 Å². The SMILES string of the molecule is NC(I)=C1CC1. The smallest absolute Gasteiger partial charge is 0.0697 e. The molecule has 1 fully saturated rings. The summed E-state index contributed by atoms with van der Waals surface area (Å²) in [5, 5.41) is 0. The maximum absolute atomic E-state index is 5.36. The number of halogens is 1. The highest BCUT2D eigenvalue weighted by Gasteiger charge is 2.12. The summed E-state index contributed by atoms with van der Waals surface area (Å²) in [7, 11) is 0. The fourth-order valence-electron chi connectivity index (χ4n) is 0.301. The van der Waals surface area contributed by atoms with E-state index < -0.39 is 0 Å². The van der Waals surface area contributed by atoms with E-state index in [2.05, 4.69) is 22.6 Å². The summed E-state index contributed by atoms with van der Waals surface area (Å²) in [6.45, 7) is 0. The number of rotatable bonds is 0. The lowest BCUT2D eigenvalue weighted by Crippen LogP contribution is -1.83. The Labute approximate surface area is 50.7 Å². The zero-order chi connectivity index (χ0) is 4.57. The first-order chi connectivity index (χ1) is 2.80. The van der Waals surface area contributed by atoms with Crippen molar-refractivity contribution in [3.05, 3.63) is 9.28 Å². The number of hydrogen-bond acceptors (Lipinski definition) is 1. The average molecular weight is 195 g/mol. The van der Waals surface area contributed by atoms with Crippen molar-refractivity contribution in [2.45, 2.75) is 12.8 Å². The predicted octanol–water partition coefficient (Wildman–Crippen LogP) is 1.39. The van der Waals surface area contributed by atoms with E-state index >= 15 is 0 Å². The van der Waals surface area contributed by atoms with Gasteiger partial charge < -0.3 is 5.73 Å².